The number of rotatable bonds is 3. The molecule has 1 aromatic carbocycles. The van der Waals surface area contributed by atoms with Gasteiger partial charge in [0.2, 0.25) is 0 Å². The van der Waals surface area contributed by atoms with Crippen molar-refractivity contribution in [3.63, 3.8) is 0 Å². The lowest BCUT2D eigenvalue weighted by molar-refractivity contribution is 0.600. The van der Waals surface area contributed by atoms with E-state index >= 15 is 0 Å². The zero-order valence-corrected chi connectivity index (χ0v) is 11.7. The van der Waals surface area contributed by atoms with Gasteiger partial charge in [-0.15, -0.1) is 0 Å². The second-order valence-electron chi connectivity index (χ2n) is 4.08. The molecule has 0 aliphatic heterocycles. The van der Waals surface area contributed by atoms with Crippen LogP contribution < -0.4 is 10.5 Å². The minimum atomic E-state index is -3.67. The molecule has 2 aromatic rings. The Morgan fingerprint density at radius 1 is 1.45 bits per heavy atom. The highest BCUT2D eigenvalue weighted by Crippen LogP contribution is 2.19. The van der Waals surface area contributed by atoms with Crippen molar-refractivity contribution in [2.45, 2.75) is 11.8 Å². The molecule has 0 spiro atoms. The van der Waals surface area contributed by atoms with Gasteiger partial charge in [0, 0.05) is 11.8 Å². The van der Waals surface area contributed by atoms with E-state index in [0.717, 1.165) is 0 Å². The summed E-state index contributed by atoms with van der Waals surface area (Å²) in [5.74, 6) is 5.51. The largest absolute Gasteiger partial charge is 0.320 e. The Bertz CT molecular complexity index is 755. The lowest BCUT2D eigenvalue weighted by Gasteiger charge is -2.09. The standard InChI is InChI=1S/C13H14N4O2S/c1-10-4-5-11(3-2-6-14)7-13(10)20(18,19)17-12-8-15-16-9-12/h4-5,7-9,17H,6,14H2,1H3,(H,15,16). The number of aryl methyl sites for hydroxylation is 1. The minimum Gasteiger partial charge on any atom is -0.320 e. The predicted octanol–water partition coefficient (Wildman–Crippen LogP) is 0.829. The van der Waals surface area contributed by atoms with Gasteiger partial charge in [0.25, 0.3) is 10.0 Å². The molecule has 0 aliphatic carbocycles. The fraction of sp³-hybridized carbons (Fsp3) is 0.154. The summed E-state index contributed by atoms with van der Waals surface area (Å²) in [5.41, 5.74) is 6.93. The summed E-state index contributed by atoms with van der Waals surface area (Å²) in [6.45, 7) is 1.95. The van der Waals surface area contributed by atoms with E-state index in [1.165, 1.54) is 18.5 Å². The number of anilines is 1. The Labute approximate surface area is 117 Å². The number of benzene rings is 1. The fourth-order valence-electron chi connectivity index (χ4n) is 1.64. The van der Waals surface area contributed by atoms with Gasteiger partial charge in [0.1, 0.15) is 0 Å². The molecule has 6 nitrogen and oxygen atoms in total. The third-order valence-corrected chi connectivity index (χ3v) is 4.09. The number of nitrogens with one attached hydrogen (secondary N) is 2. The summed E-state index contributed by atoms with van der Waals surface area (Å²) in [7, 11) is -3.67. The van der Waals surface area contributed by atoms with Gasteiger partial charge in [-0.1, -0.05) is 17.9 Å². The van der Waals surface area contributed by atoms with Crippen LogP contribution in [0.4, 0.5) is 5.69 Å². The van der Waals surface area contributed by atoms with E-state index in [9.17, 15) is 8.42 Å². The molecule has 104 valence electrons. The van der Waals surface area contributed by atoms with Crippen LogP contribution >= 0.6 is 0 Å². The highest BCUT2D eigenvalue weighted by molar-refractivity contribution is 7.92. The van der Waals surface area contributed by atoms with Crippen molar-refractivity contribution in [1.82, 2.24) is 10.2 Å². The number of hydrogen-bond donors (Lipinski definition) is 3. The van der Waals surface area contributed by atoms with Crippen LogP contribution in [0.1, 0.15) is 11.1 Å². The van der Waals surface area contributed by atoms with Gasteiger partial charge in [0.05, 0.1) is 23.3 Å². The van der Waals surface area contributed by atoms with Crippen LogP contribution in [0.3, 0.4) is 0 Å². The van der Waals surface area contributed by atoms with Crippen molar-refractivity contribution in [3.8, 4) is 11.8 Å². The van der Waals surface area contributed by atoms with Crippen molar-refractivity contribution in [1.29, 1.82) is 0 Å². The Morgan fingerprint density at radius 2 is 2.25 bits per heavy atom. The van der Waals surface area contributed by atoms with Crippen LogP contribution in [-0.4, -0.2) is 25.2 Å². The van der Waals surface area contributed by atoms with E-state index in [1.54, 1.807) is 19.1 Å². The van der Waals surface area contributed by atoms with E-state index in [4.69, 9.17) is 5.73 Å². The number of aromatic nitrogens is 2. The van der Waals surface area contributed by atoms with Gasteiger partial charge in [-0.2, -0.15) is 5.10 Å². The zero-order chi connectivity index (χ0) is 14.6. The van der Waals surface area contributed by atoms with E-state index in [-0.39, 0.29) is 11.4 Å². The maximum atomic E-state index is 12.3. The van der Waals surface area contributed by atoms with Crippen molar-refractivity contribution >= 4 is 15.7 Å². The molecule has 0 atom stereocenters. The Balaban J connectivity index is 2.40. The second-order valence-corrected chi connectivity index (χ2v) is 5.73. The van der Waals surface area contributed by atoms with Crippen molar-refractivity contribution in [2.75, 3.05) is 11.3 Å². The normalized spacial score (nSPS) is 10.7. The summed E-state index contributed by atoms with van der Waals surface area (Å²) >= 11 is 0. The zero-order valence-electron chi connectivity index (χ0n) is 10.8. The lowest BCUT2D eigenvalue weighted by Crippen LogP contribution is -2.14. The number of H-pyrrole nitrogens is 1. The molecule has 0 radical (unpaired) electrons. The molecule has 20 heavy (non-hydrogen) atoms. The van der Waals surface area contributed by atoms with Crippen LogP contribution in [0.5, 0.6) is 0 Å². The fourth-order valence-corrected chi connectivity index (χ4v) is 2.94. The average molecular weight is 290 g/mol. The van der Waals surface area contributed by atoms with Gasteiger partial charge in [-0.05, 0) is 24.6 Å². The Kier molecular flexibility index (Phi) is 4.08. The van der Waals surface area contributed by atoms with E-state index in [2.05, 4.69) is 26.8 Å². The Hall–Kier alpha value is -2.30. The number of nitrogens with two attached hydrogens (primary N) is 1. The average Bonchev–Trinajstić information content (AvgIpc) is 2.89. The molecule has 0 unspecified atom stereocenters. The quantitative estimate of drug-likeness (QED) is 0.729. The summed E-state index contributed by atoms with van der Waals surface area (Å²) < 4.78 is 27.1. The van der Waals surface area contributed by atoms with Crippen LogP contribution in [0.15, 0.2) is 35.5 Å². The molecule has 0 fully saturated rings. The third-order valence-electron chi connectivity index (χ3n) is 2.56. The van der Waals surface area contributed by atoms with Crippen LogP contribution in [0, 0.1) is 18.8 Å². The highest BCUT2D eigenvalue weighted by atomic mass is 32.2. The van der Waals surface area contributed by atoms with E-state index in [0.29, 0.717) is 16.8 Å². The van der Waals surface area contributed by atoms with Gasteiger partial charge in [-0.25, -0.2) is 8.42 Å². The summed E-state index contributed by atoms with van der Waals surface area (Å²) in [5, 5.41) is 6.24. The van der Waals surface area contributed by atoms with Gasteiger partial charge in [0.15, 0.2) is 0 Å². The predicted molar refractivity (Wildman–Crippen MR) is 76.5 cm³/mol. The van der Waals surface area contributed by atoms with Crippen LogP contribution in [0.25, 0.3) is 0 Å². The molecular weight excluding hydrogens is 276 g/mol. The lowest BCUT2D eigenvalue weighted by atomic mass is 10.1. The van der Waals surface area contributed by atoms with Gasteiger partial charge >= 0.3 is 0 Å². The summed E-state index contributed by atoms with van der Waals surface area (Å²) in [6, 6.07) is 5.00. The van der Waals surface area contributed by atoms with Crippen molar-refractivity contribution in [2.24, 2.45) is 5.73 Å². The summed E-state index contributed by atoms with van der Waals surface area (Å²) in [6.07, 6.45) is 2.86. The monoisotopic (exact) mass is 290 g/mol. The first-order chi connectivity index (χ1) is 9.53. The molecule has 0 bridgehead atoms. The molecule has 7 heteroatoms. The molecule has 0 amide bonds. The molecule has 1 heterocycles. The number of aromatic amines is 1. The van der Waals surface area contributed by atoms with E-state index in [1.807, 2.05) is 0 Å². The molecular formula is C13H14N4O2S. The summed E-state index contributed by atoms with van der Waals surface area (Å²) in [4.78, 5) is 0.183. The number of hydrogen-bond acceptors (Lipinski definition) is 4. The molecule has 0 saturated carbocycles. The highest BCUT2D eigenvalue weighted by Gasteiger charge is 2.17. The maximum absolute atomic E-state index is 12.3. The molecule has 0 aliphatic rings. The van der Waals surface area contributed by atoms with Crippen molar-refractivity contribution < 1.29 is 8.42 Å². The molecule has 2 rings (SSSR count). The molecule has 0 saturated heterocycles. The van der Waals surface area contributed by atoms with Crippen molar-refractivity contribution in [3.05, 3.63) is 41.7 Å². The molecule has 4 N–H and O–H groups in total. The minimum absolute atomic E-state index is 0.183. The number of nitrogens with zero attached hydrogens (tertiary/aromatic N) is 1. The first-order valence-electron chi connectivity index (χ1n) is 5.84. The molecule has 1 aromatic heterocycles. The topological polar surface area (TPSA) is 101 Å². The third kappa shape index (κ3) is 3.17. The smallest absolute Gasteiger partial charge is 0.262 e. The van der Waals surface area contributed by atoms with E-state index < -0.39 is 10.0 Å². The van der Waals surface area contributed by atoms with Crippen LogP contribution in [-0.2, 0) is 10.0 Å². The first kappa shape index (κ1) is 14.1. The SMILES string of the molecule is Cc1ccc(C#CCN)cc1S(=O)(=O)Nc1cn[nH]c1. The van der Waals surface area contributed by atoms with Crippen LogP contribution in [0.2, 0.25) is 0 Å². The number of sulfonamides is 1. The Morgan fingerprint density at radius 3 is 2.90 bits per heavy atom. The maximum Gasteiger partial charge on any atom is 0.262 e. The van der Waals surface area contributed by atoms with Gasteiger partial charge < -0.3 is 5.73 Å². The first-order valence-corrected chi connectivity index (χ1v) is 7.32. The van der Waals surface area contributed by atoms with Gasteiger partial charge in [-0.3, -0.25) is 9.82 Å². The second kappa shape index (κ2) is 5.77.